The van der Waals surface area contributed by atoms with Gasteiger partial charge in [-0.05, 0) is 48.7 Å². The fraction of sp³-hybridized carbons (Fsp3) is 0.250. The topological polar surface area (TPSA) is 69.3 Å². The van der Waals surface area contributed by atoms with Crippen LogP contribution in [0, 0.1) is 6.92 Å². The first-order valence-corrected chi connectivity index (χ1v) is 10.8. The quantitative estimate of drug-likeness (QED) is 0.396. The predicted molar refractivity (Wildman–Crippen MR) is 127 cm³/mol. The molecule has 6 nitrogen and oxygen atoms in total. The zero-order chi connectivity index (χ0) is 22.1. The number of aliphatic hydroxyl groups excluding tert-OH is 1. The largest absolute Gasteiger partial charge is 0.497 e. The zero-order valence-corrected chi connectivity index (χ0v) is 19.1. The second-order valence-electron chi connectivity index (χ2n) is 7.61. The molecule has 0 saturated carbocycles. The number of methoxy groups -OCH3 is 1. The Hall–Kier alpha value is -2.90. The Kier molecular flexibility index (Phi) is 5.98. The van der Waals surface area contributed by atoms with E-state index < -0.39 is 6.10 Å². The van der Waals surface area contributed by atoms with E-state index >= 15 is 0 Å². The molecule has 4 rings (SSSR count). The minimum Gasteiger partial charge on any atom is -0.497 e. The first-order valence-electron chi connectivity index (χ1n) is 10.0. The van der Waals surface area contributed by atoms with Crippen molar-refractivity contribution in [1.82, 2.24) is 14.3 Å². The van der Waals surface area contributed by atoms with Gasteiger partial charge in [0.15, 0.2) is 0 Å². The second-order valence-corrected chi connectivity index (χ2v) is 8.46. The van der Waals surface area contributed by atoms with E-state index in [4.69, 9.17) is 4.74 Å². The highest BCUT2D eigenvalue weighted by Gasteiger charge is 2.18. The van der Waals surface area contributed by atoms with Gasteiger partial charge < -0.3 is 9.84 Å². The number of ether oxygens (including phenoxy) is 1. The molecule has 31 heavy (non-hydrogen) atoms. The summed E-state index contributed by atoms with van der Waals surface area (Å²) in [5, 5.41) is 17.0. The average Bonchev–Trinajstić information content (AvgIpc) is 3.16. The Morgan fingerprint density at radius 2 is 2.00 bits per heavy atom. The van der Waals surface area contributed by atoms with Crippen molar-refractivity contribution in [2.24, 2.45) is 0 Å². The van der Waals surface area contributed by atoms with E-state index in [9.17, 15) is 9.90 Å². The highest BCUT2D eigenvalue weighted by atomic mass is 79.9. The van der Waals surface area contributed by atoms with Gasteiger partial charge in [-0.3, -0.25) is 9.36 Å². The molecule has 0 saturated heterocycles. The number of fused-ring (bicyclic) bond motifs is 3. The summed E-state index contributed by atoms with van der Waals surface area (Å²) in [7, 11) is 1.64. The average molecular weight is 482 g/mol. The second kappa shape index (κ2) is 8.69. The van der Waals surface area contributed by atoms with Gasteiger partial charge in [-0.15, -0.1) is 6.58 Å². The normalized spacial score (nSPS) is 12.4. The van der Waals surface area contributed by atoms with Gasteiger partial charge in [-0.2, -0.15) is 5.10 Å². The fourth-order valence-electron chi connectivity index (χ4n) is 3.87. The van der Waals surface area contributed by atoms with Gasteiger partial charge in [-0.1, -0.05) is 34.1 Å². The number of hydrogen-bond acceptors (Lipinski definition) is 4. The number of rotatable bonds is 7. The monoisotopic (exact) mass is 481 g/mol. The molecule has 1 atom stereocenters. The number of aliphatic hydroxyl groups is 1. The number of hydrogen-bond donors (Lipinski definition) is 1. The summed E-state index contributed by atoms with van der Waals surface area (Å²) in [6, 6.07) is 11.7. The molecule has 1 unspecified atom stereocenters. The Balaban J connectivity index is 1.93. The van der Waals surface area contributed by atoms with Crippen LogP contribution < -0.4 is 10.3 Å². The third-order valence-electron chi connectivity index (χ3n) is 5.46. The molecule has 160 valence electrons. The van der Waals surface area contributed by atoms with Crippen LogP contribution in [-0.4, -0.2) is 32.7 Å². The first-order chi connectivity index (χ1) is 14.9. The minimum atomic E-state index is -0.681. The smallest absolute Gasteiger partial charge is 0.260 e. The van der Waals surface area contributed by atoms with E-state index in [1.54, 1.807) is 17.9 Å². The van der Waals surface area contributed by atoms with Crippen LogP contribution in [0.5, 0.6) is 5.75 Å². The van der Waals surface area contributed by atoms with Gasteiger partial charge in [0.1, 0.15) is 11.4 Å². The predicted octanol–water partition coefficient (Wildman–Crippen LogP) is 4.42. The van der Waals surface area contributed by atoms with Crippen LogP contribution in [0.2, 0.25) is 0 Å². The van der Waals surface area contributed by atoms with Crippen molar-refractivity contribution in [3.05, 3.63) is 81.2 Å². The fourth-order valence-corrected chi connectivity index (χ4v) is 4.66. The maximum Gasteiger partial charge on any atom is 0.260 e. The standard InChI is InChI=1S/C24H24BrN3O3/c1-4-17(29)9-10-27-23-20(22-19(24(27)30)11-15(2)12-21(22)25)13-26-28(23)14-16-5-7-18(31-3)8-6-16/h4-8,11-13,17,29H,1,9-10,14H2,2-3H3. The molecule has 2 heterocycles. The molecule has 0 aliphatic heterocycles. The van der Waals surface area contributed by atoms with E-state index in [1.165, 1.54) is 6.08 Å². The van der Waals surface area contributed by atoms with E-state index in [2.05, 4.69) is 27.6 Å². The van der Waals surface area contributed by atoms with E-state index in [1.807, 2.05) is 48.0 Å². The maximum atomic E-state index is 13.5. The van der Waals surface area contributed by atoms with Crippen LogP contribution in [0.1, 0.15) is 17.5 Å². The summed E-state index contributed by atoms with van der Waals surface area (Å²) in [6.07, 6.45) is 3.00. The van der Waals surface area contributed by atoms with Crippen molar-refractivity contribution in [2.75, 3.05) is 7.11 Å². The Bertz CT molecular complexity index is 1320. The van der Waals surface area contributed by atoms with Gasteiger partial charge in [0, 0.05) is 27.2 Å². The third-order valence-corrected chi connectivity index (χ3v) is 6.08. The number of aromatic nitrogens is 3. The molecule has 7 heteroatoms. The molecule has 4 aromatic rings. The molecular formula is C24H24BrN3O3. The highest BCUT2D eigenvalue weighted by molar-refractivity contribution is 9.10. The van der Waals surface area contributed by atoms with Gasteiger partial charge in [0.25, 0.3) is 5.56 Å². The first kappa shape index (κ1) is 21.3. The molecule has 1 N–H and O–H groups in total. The summed E-state index contributed by atoms with van der Waals surface area (Å²) >= 11 is 3.64. The summed E-state index contributed by atoms with van der Waals surface area (Å²) in [4.78, 5) is 13.5. The van der Waals surface area contributed by atoms with Crippen molar-refractivity contribution in [2.45, 2.75) is 32.5 Å². The molecule has 0 bridgehead atoms. The summed E-state index contributed by atoms with van der Waals surface area (Å²) < 4.78 is 9.66. The van der Waals surface area contributed by atoms with Crippen molar-refractivity contribution in [1.29, 1.82) is 0 Å². The highest BCUT2D eigenvalue weighted by Crippen LogP contribution is 2.31. The van der Waals surface area contributed by atoms with Gasteiger partial charge >= 0.3 is 0 Å². The summed E-state index contributed by atoms with van der Waals surface area (Å²) in [5.41, 5.74) is 2.67. The summed E-state index contributed by atoms with van der Waals surface area (Å²) in [5.74, 6) is 0.787. The molecule has 0 aliphatic carbocycles. The third kappa shape index (κ3) is 4.03. The van der Waals surface area contributed by atoms with Crippen LogP contribution >= 0.6 is 15.9 Å². The molecule has 2 aromatic heterocycles. The van der Waals surface area contributed by atoms with Crippen LogP contribution in [0.15, 0.2) is 64.5 Å². The Morgan fingerprint density at radius 1 is 1.26 bits per heavy atom. The van der Waals surface area contributed by atoms with Crippen LogP contribution in [-0.2, 0) is 13.1 Å². The molecular weight excluding hydrogens is 458 g/mol. The number of benzene rings is 2. The van der Waals surface area contributed by atoms with Crippen molar-refractivity contribution >= 4 is 37.7 Å². The lowest BCUT2D eigenvalue weighted by Crippen LogP contribution is -2.25. The minimum absolute atomic E-state index is 0.0976. The van der Waals surface area contributed by atoms with Gasteiger partial charge in [-0.25, -0.2) is 4.68 Å². The lowest BCUT2D eigenvalue weighted by molar-refractivity contribution is 0.206. The van der Waals surface area contributed by atoms with Crippen LogP contribution in [0.25, 0.3) is 21.8 Å². The van der Waals surface area contributed by atoms with Crippen molar-refractivity contribution in [3.63, 3.8) is 0 Å². The summed E-state index contributed by atoms with van der Waals surface area (Å²) in [6.45, 7) is 6.47. The Labute approximate surface area is 188 Å². The molecule has 0 aliphatic rings. The Morgan fingerprint density at radius 3 is 2.68 bits per heavy atom. The number of pyridine rings is 1. The van der Waals surface area contributed by atoms with Gasteiger partial charge in [0.05, 0.1) is 26.0 Å². The van der Waals surface area contributed by atoms with Crippen molar-refractivity contribution in [3.8, 4) is 5.75 Å². The lowest BCUT2D eigenvalue weighted by atomic mass is 10.1. The zero-order valence-electron chi connectivity index (χ0n) is 17.5. The number of aryl methyl sites for hydroxylation is 2. The van der Waals surface area contributed by atoms with Crippen LogP contribution in [0.3, 0.4) is 0 Å². The molecule has 0 radical (unpaired) electrons. The van der Waals surface area contributed by atoms with E-state index in [0.29, 0.717) is 24.9 Å². The molecule has 0 fully saturated rings. The van der Waals surface area contributed by atoms with Crippen LogP contribution in [0.4, 0.5) is 0 Å². The van der Waals surface area contributed by atoms with E-state index in [-0.39, 0.29) is 5.56 Å². The van der Waals surface area contributed by atoms with E-state index in [0.717, 1.165) is 37.8 Å². The van der Waals surface area contributed by atoms with Gasteiger partial charge in [0.2, 0.25) is 0 Å². The lowest BCUT2D eigenvalue weighted by Gasteiger charge is -2.15. The molecule has 0 amide bonds. The maximum absolute atomic E-state index is 13.5. The van der Waals surface area contributed by atoms with Crippen molar-refractivity contribution < 1.29 is 9.84 Å². The molecule has 0 spiro atoms. The number of nitrogens with zero attached hydrogens (tertiary/aromatic N) is 3. The number of halogens is 1. The molecule has 2 aromatic carbocycles. The SMILES string of the molecule is C=CC(O)CCn1c(=O)c2cc(C)cc(Br)c2c2cnn(Cc3ccc(OC)cc3)c21.